The maximum absolute atomic E-state index is 13.2. The highest BCUT2D eigenvalue weighted by Gasteiger charge is 2.38. The van der Waals surface area contributed by atoms with Gasteiger partial charge in [-0.25, -0.2) is 0 Å². The molecule has 5 rings (SSSR count). The van der Waals surface area contributed by atoms with Crippen molar-refractivity contribution in [2.24, 2.45) is 5.92 Å². The Bertz CT molecular complexity index is 1200. The first-order chi connectivity index (χ1) is 15.6. The van der Waals surface area contributed by atoms with Crippen molar-refractivity contribution < 1.29 is 9.53 Å². The summed E-state index contributed by atoms with van der Waals surface area (Å²) in [5.41, 5.74) is 4.00. The minimum Gasteiger partial charge on any atom is -0.497 e. The molecule has 0 unspecified atom stereocenters. The van der Waals surface area contributed by atoms with E-state index in [0.29, 0.717) is 25.2 Å². The summed E-state index contributed by atoms with van der Waals surface area (Å²) in [4.78, 5) is 29.2. The summed E-state index contributed by atoms with van der Waals surface area (Å²) in [6.45, 7) is 1.97. The van der Waals surface area contributed by atoms with Gasteiger partial charge in [0, 0.05) is 53.3 Å². The Hall–Kier alpha value is -2.99. The number of fused-ring (bicyclic) bond motifs is 4. The molecule has 2 atom stereocenters. The lowest BCUT2D eigenvalue weighted by molar-refractivity contribution is 0.0595. The molecule has 0 radical (unpaired) electrons. The second kappa shape index (κ2) is 8.51. The predicted molar refractivity (Wildman–Crippen MR) is 128 cm³/mol. The summed E-state index contributed by atoms with van der Waals surface area (Å²) >= 11 is 1.71. The molecule has 2 aliphatic heterocycles. The second-order valence-electron chi connectivity index (χ2n) is 8.55. The molecule has 1 fully saturated rings. The molecule has 1 aromatic heterocycles. The van der Waals surface area contributed by atoms with Crippen LogP contribution in [0.4, 0.5) is 0 Å². The van der Waals surface area contributed by atoms with Crippen molar-refractivity contribution in [3.05, 3.63) is 82.3 Å². The predicted octanol–water partition coefficient (Wildman–Crippen LogP) is 4.51. The van der Waals surface area contributed by atoms with Crippen LogP contribution in [0.2, 0.25) is 0 Å². The molecular weight excluding hydrogens is 420 g/mol. The molecule has 3 heterocycles. The van der Waals surface area contributed by atoms with Gasteiger partial charge >= 0.3 is 0 Å². The van der Waals surface area contributed by atoms with Gasteiger partial charge in [-0.3, -0.25) is 9.59 Å². The van der Waals surface area contributed by atoms with Crippen molar-refractivity contribution in [1.82, 2.24) is 9.47 Å². The van der Waals surface area contributed by atoms with E-state index >= 15 is 0 Å². The zero-order chi connectivity index (χ0) is 22.2. The van der Waals surface area contributed by atoms with Crippen LogP contribution in [-0.2, 0) is 6.54 Å². The normalized spacial score (nSPS) is 19.4. The summed E-state index contributed by atoms with van der Waals surface area (Å²) in [7, 11) is 1.62. The standard InChI is InChI=1S/C26H26N2O3S/c1-31-21-7-3-19(4-8-21)26(30)27-14-17-13-20(16-27)25-23(11-12-24(29)28(25)15-17)18-5-9-22(32-2)10-6-18/h3-12,17,20H,13-16H2,1-2H3/t17-,20+/m0/s1. The highest BCUT2D eigenvalue weighted by molar-refractivity contribution is 7.98. The third kappa shape index (κ3) is 3.73. The lowest BCUT2D eigenvalue weighted by atomic mass is 9.80. The molecule has 5 nitrogen and oxygen atoms in total. The fourth-order valence-corrected chi connectivity index (χ4v) is 5.52. The highest BCUT2D eigenvalue weighted by atomic mass is 32.2. The van der Waals surface area contributed by atoms with Gasteiger partial charge in [0.25, 0.3) is 11.5 Å². The average molecular weight is 447 g/mol. The molecular formula is C26H26N2O3S. The number of ether oxygens (including phenoxy) is 1. The van der Waals surface area contributed by atoms with Crippen LogP contribution in [0.3, 0.4) is 0 Å². The number of nitrogens with zero attached hydrogens (tertiary/aromatic N) is 2. The third-order valence-corrected chi connectivity index (χ3v) is 7.36. The Kier molecular flexibility index (Phi) is 5.55. The van der Waals surface area contributed by atoms with Gasteiger partial charge in [0.2, 0.25) is 0 Å². The van der Waals surface area contributed by atoms with Crippen LogP contribution in [0, 0.1) is 5.92 Å². The third-order valence-electron chi connectivity index (χ3n) is 6.62. The van der Waals surface area contributed by atoms with Crippen LogP contribution in [0.5, 0.6) is 5.75 Å². The lowest BCUT2D eigenvalue weighted by Crippen LogP contribution is -2.49. The number of methoxy groups -OCH3 is 1. The topological polar surface area (TPSA) is 51.5 Å². The van der Waals surface area contributed by atoms with Crippen molar-refractivity contribution >= 4 is 17.7 Å². The Morgan fingerprint density at radius 1 is 0.969 bits per heavy atom. The summed E-state index contributed by atoms with van der Waals surface area (Å²) in [5.74, 6) is 1.21. The molecule has 0 aliphatic carbocycles. The molecule has 3 aromatic rings. The van der Waals surface area contributed by atoms with Gasteiger partial charge in [0.1, 0.15) is 5.75 Å². The average Bonchev–Trinajstić information content (AvgIpc) is 2.84. The minimum absolute atomic E-state index is 0.0416. The molecule has 2 aliphatic rings. The molecule has 0 spiro atoms. The van der Waals surface area contributed by atoms with Crippen molar-refractivity contribution in [3.63, 3.8) is 0 Å². The molecule has 2 bridgehead atoms. The fourth-order valence-electron chi connectivity index (χ4n) is 5.11. The molecule has 1 amide bonds. The van der Waals surface area contributed by atoms with Gasteiger partial charge in [0.15, 0.2) is 0 Å². The van der Waals surface area contributed by atoms with Gasteiger partial charge in [-0.15, -0.1) is 11.8 Å². The van der Waals surface area contributed by atoms with Crippen LogP contribution >= 0.6 is 11.8 Å². The van der Waals surface area contributed by atoms with Crippen LogP contribution in [-0.4, -0.2) is 41.8 Å². The number of likely N-dealkylation sites (tertiary alicyclic amines) is 1. The van der Waals surface area contributed by atoms with Gasteiger partial charge in [-0.05, 0) is 66.6 Å². The number of benzene rings is 2. The zero-order valence-corrected chi connectivity index (χ0v) is 19.1. The summed E-state index contributed by atoms with van der Waals surface area (Å²) in [5, 5.41) is 0. The Morgan fingerprint density at radius 3 is 2.41 bits per heavy atom. The van der Waals surface area contributed by atoms with Gasteiger partial charge in [-0.2, -0.15) is 0 Å². The van der Waals surface area contributed by atoms with Gasteiger partial charge in [-0.1, -0.05) is 12.1 Å². The number of hydrogen-bond acceptors (Lipinski definition) is 4. The second-order valence-corrected chi connectivity index (χ2v) is 9.43. The number of piperidine rings is 1. The SMILES string of the molecule is COc1ccc(C(=O)N2C[C@@H]3C[C@H](C2)c2c(-c4ccc(SC)cc4)ccc(=O)n2C3)cc1. The Balaban J connectivity index is 1.49. The number of rotatable bonds is 4. The van der Waals surface area contributed by atoms with Crippen LogP contribution < -0.4 is 10.3 Å². The van der Waals surface area contributed by atoms with Crippen molar-refractivity contribution in [1.29, 1.82) is 0 Å². The van der Waals surface area contributed by atoms with Gasteiger partial charge in [0.05, 0.1) is 7.11 Å². The van der Waals surface area contributed by atoms with E-state index in [0.717, 1.165) is 29.0 Å². The number of pyridine rings is 1. The number of amides is 1. The van der Waals surface area contributed by atoms with E-state index in [-0.39, 0.29) is 23.3 Å². The van der Waals surface area contributed by atoms with E-state index in [4.69, 9.17) is 4.74 Å². The zero-order valence-electron chi connectivity index (χ0n) is 18.3. The molecule has 0 N–H and O–H groups in total. The summed E-state index contributed by atoms with van der Waals surface area (Å²) in [6, 6.07) is 19.4. The molecule has 1 saturated heterocycles. The molecule has 0 saturated carbocycles. The first kappa shape index (κ1) is 20.9. The van der Waals surface area contributed by atoms with E-state index in [1.165, 1.54) is 4.90 Å². The van der Waals surface area contributed by atoms with E-state index in [1.54, 1.807) is 24.9 Å². The van der Waals surface area contributed by atoms with Crippen LogP contribution in [0.25, 0.3) is 11.1 Å². The smallest absolute Gasteiger partial charge is 0.253 e. The Labute approximate surface area is 192 Å². The minimum atomic E-state index is 0.0416. The number of carbonyl (C=O) groups is 1. The molecule has 32 heavy (non-hydrogen) atoms. The summed E-state index contributed by atoms with van der Waals surface area (Å²) < 4.78 is 7.17. The lowest BCUT2D eigenvalue weighted by Gasteiger charge is -2.43. The number of thioether (sulfide) groups is 1. The first-order valence-electron chi connectivity index (χ1n) is 10.9. The monoisotopic (exact) mass is 446 g/mol. The van der Waals surface area contributed by atoms with Gasteiger partial charge < -0.3 is 14.2 Å². The van der Waals surface area contributed by atoms with Crippen molar-refractivity contribution in [2.75, 3.05) is 26.5 Å². The van der Waals surface area contributed by atoms with Crippen LogP contribution in [0.1, 0.15) is 28.4 Å². The maximum atomic E-state index is 13.2. The number of aromatic nitrogens is 1. The number of hydrogen-bond donors (Lipinski definition) is 0. The fraction of sp³-hybridized carbons (Fsp3) is 0.308. The van der Waals surface area contributed by atoms with E-state index < -0.39 is 0 Å². The first-order valence-corrected chi connectivity index (χ1v) is 12.1. The van der Waals surface area contributed by atoms with Crippen LogP contribution in [0.15, 0.2) is 70.4 Å². The highest BCUT2D eigenvalue weighted by Crippen LogP contribution is 2.40. The molecule has 6 heteroatoms. The molecule has 2 aromatic carbocycles. The van der Waals surface area contributed by atoms with E-state index in [2.05, 4.69) is 30.5 Å². The van der Waals surface area contributed by atoms with Crippen molar-refractivity contribution in [2.45, 2.75) is 23.8 Å². The summed E-state index contributed by atoms with van der Waals surface area (Å²) in [6.07, 6.45) is 3.07. The van der Waals surface area contributed by atoms with E-state index in [9.17, 15) is 9.59 Å². The maximum Gasteiger partial charge on any atom is 0.253 e. The number of carbonyl (C=O) groups excluding carboxylic acids is 1. The van der Waals surface area contributed by atoms with Crippen molar-refractivity contribution in [3.8, 4) is 16.9 Å². The molecule has 164 valence electrons. The quantitative estimate of drug-likeness (QED) is 0.554. The largest absolute Gasteiger partial charge is 0.497 e. The Morgan fingerprint density at radius 2 is 1.72 bits per heavy atom. The van der Waals surface area contributed by atoms with E-state index in [1.807, 2.05) is 39.8 Å².